The number of carbonyl (C=O) groups excluding carboxylic acids is 2. The summed E-state index contributed by atoms with van der Waals surface area (Å²) in [5.74, 6) is 1.41. The molecule has 3 aromatic rings. The monoisotopic (exact) mass is 603 g/mol. The molecule has 8 heteroatoms. The molecule has 1 aliphatic heterocycles. The van der Waals surface area contributed by atoms with E-state index in [0.29, 0.717) is 22.6 Å². The fourth-order valence-corrected chi connectivity index (χ4v) is 6.53. The van der Waals surface area contributed by atoms with Crippen LogP contribution in [0.4, 0.5) is 11.4 Å². The summed E-state index contributed by atoms with van der Waals surface area (Å²) in [6.07, 6.45) is 4.07. The Bertz CT molecular complexity index is 1450. The first kappa shape index (κ1) is 30.9. The van der Waals surface area contributed by atoms with E-state index in [2.05, 4.69) is 19.0 Å². The van der Waals surface area contributed by atoms with Gasteiger partial charge in [-0.05, 0) is 119 Å². The van der Waals surface area contributed by atoms with Gasteiger partial charge in [0.25, 0.3) is 0 Å². The fourth-order valence-electron chi connectivity index (χ4n) is 6.41. The molecule has 5 rings (SSSR count). The average Bonchev–Trinajstić information content (AvgIpc) is 3.00. The summed E-state index contributed by atoms with van der Waals surface area (Å²) in [4.78, 5) is 33.1. The van der Waals surface area contributed by atoms with Gasteiger partial charge in [-0.15, -0.1) is 0 Å². The van der Waals surface area contributed by atoms with Crippen LogP contribution in [-0.4, -0.2) is 57.1 Å². The minimum atomic E-state index is -0.397. The second-order valence-corrected chi connectivity index (χ2v) is 12.6. The number of anilines is 2. The Hall–Kier alpha value is -3.55. The van der Waals surface area contributed by atoms with Crippen LogP contribution >= 0.6 is 11.6 Å². The molecule has 1 atom stereocenters. The average molecular weight is 604 g/mol. The zero-order valence-corrected chi connectivity index (χ0v) is 26.7. The Morgan fingerprint density at radius 1 is 0.930 bits per heavy atom. The maximum absolute atomic E-state index is 13.8. The van der Waals surface area contributed by atoms with Gasteiger partial charge in [0, 0.05) is 35.4 Å². The second kappa shape index (κ2) is 13.0. The number of ether oxygens (including phenoxy) is 2. The van der Waals surface area contributed by atoms with Gasteiger partial charge in [-0.1, -0.05) is 23.7 Å². The van der Waals surface area contributed by atoms with Gasteiger partial charge in [0.1, 0.15) is 0 Å². The van der Waals surface area contributed by atoms with Crippen LogP contribution in [0.2, 0.25) is 5.02 Å². The number of amides is 2. The lowest BCUT2D eigenvalue weighted by Gasteiger charge is -2.38. The zero-order valence-electron chi connectivity index (χ0n) is 26.0. The minimum absolute atomic E-state index is 0.0261. The summed E-state index contributed by atoms with van der Waals surface area (Å²) in [6.45, 7) is 3.95. The van der Waals surface area contributed by atoms with E-state index in [9.17, 15) is 9.59 Å². The molecular weight excluding hydrogens is 562 g/mol. The lowest BCUT2D eigenvalue weighted by atomic mass is 9.84. The van der Waals surface area contributed by atoms with Crippen LogP contribution < -0.4 is 19.3 Å². The SMILES string of the molecule is COc1cc2c(cc1OC(C)C)C(c1ccc(Cl)cc1)N(c1ccc(N(C)C(=O)C3CCC(N(C)C)CC3)cc1)C(=O)C2. The fraction of sp³-hybridized carbons (Fsp3) is 0.429. The summed E-state index contributed by atoms with van der Waals surface area (Å²) >= 11 is 6.25. The third-order valence-corrected chi connectivity index (χ3v) is 9.01. The zero-order chi connectivity index (χ0) is 30.8. The number of halogens is 1. The number of rotatable bonds is 8. The van der Waals surface area contributed by atoms with Crippen molar-refractivity contribution in [2.45, 2.75) is 64.1 Å². The second-order valence-electron chi connectivity index (χ2n) is 12.1. The number of nitrogens with zero attached hydrogens (tertiary/aromatic N) is 3. The van der Waals surface area contributed by atoms with Crippen molar-refractivity contribution in [1.29, 1.82) is 0 Å². The Morgan fingerprint density at radius 2 is 1.58 bits per heavy atom. The predicted molar refractivity (Wildman–Crippen MR) is 173 cm³/mol. The van der Waals surface area contributed by atoms with Gasteiger partial charge in [-0.25, -0.2) is 0 Å². The molecule has 0 radical (unpaired) electrons. The normalized spacial score (nSPS) is 20.3. The van der Waals surface area contributed by atoms with Crippen molar-refractivity contribution in [3.63, 3.8) is 0 Å². The number of hydrogen-bond acceptors (Lipinski definition) is 5. The summed E-state index contributed by atoms with van der Waals surface area (Å²) in [7, 11) is 7.68. The van der Waals surface area contributed by atoms with Gasteiger partial charge in [-0.3, -0.25) is 9.59 Å². The highest BCUT2D eigenvalue weighted by Gasteiger charge is 2.36. The van der Waals surface area contributed by atoms with Crippen LogP contribution in [0.1, 0.15) is 62.3 Å². The van der Waals surface area contributed by atoms with Crippen molar-refractivity contribution in [1.82, 2.24) is 4.90 Å². The molecule has 228 valence electrons. The molecule has 0 saturated heterocycles. The molecule has 2 amide bonds. The van der Waals surface area contributed by atoms with Crippen molar-refractivity contribution in [2.75, 3.05) is 38.1 Å². The lowest BCUT2D eigenvalue weighted by molar-refractivity contribution is -0.123. The molecular formula is C35H42ClN3O4. The Morgan fingerprint density at radius 3 is 2.16 bits per heavy atom. The summed E-state index contributed by atoms with van der Waals surface area (Å²) < 4.78 is 11.7. The van der Waals surface area contributed by atoms with Crippen molar-refractivity contribution in [2.24, 2.45) is 5.92 Å². The molecule has 1 heterocycles. The van der Waals surface area contributed by atoms with Gasteiger partial charge in [0.2, 0.25) is 11.8 Å². The minimum Gasteiger partial charge on any atom is -0.493 e. The number of benzene rings is 3. The van der Waals surface area contributed by atoms with Gasteiger partial charge in [-0.2, -0.15) is 0 Å². The molecule has 2 aliphatic rings. The van der Waals surface area contributed by atoms with Crippen LogP contribution in [0, 0.1) is 5.92 Å². The molecule has 1 fully saturated rings. The van der Waals surface area contributed by atoms with Gasteiger partial charge in [0.05, 0.1) is 25.7 Å². The number of fused-ring (bicyclic) bond motifs is 1. The van der Waals surface area contributed by atoms with Crippen LogP contribution in [0.15, 0.2) is 60.7 Å². The lowest BCUT2D eigenvalue weighted by Crippen LogP contribution is -2.41. The maximum atomic E-state index is 13.8. The van der Waals surface area contributed by atoms with Crippen LogP contribution in [0.3, 0.4) is 0 Å². The van der Waals surface area contributed by atoms with Crippen molar-refractivity contribution in [3.8, 4) is 11.5 Å². The molecule has 0 N–H and O–H groups in total. The Kier molecular flexibility index (Phi) is 9.33. The number of hydrogen-bond donors (Lipinski definition) is 0. The first-order valence-corrected chi connectivity index (χ1v) is 15.4. The largest absolute Gasteiger partial charge is 0.493 e. The first-order valence-electron chi connectivity index (χ1n) is 15.1. The molecule has 0 spiro atoms. The molecule has 0 bridgehead atoms. The van der Waals surface area contributed by atoms with Gasteiger partial charge < -0.3 is 24.2 Å². The van der Waals surface area contributed by atoms with Crippen molar-refractivity contribution in [3.05, 3.63) is 82.4 Å². The summed E-state index contributed by atoms with van der Waals surface area (Å²) in [5.41, 5.74) is 4.38. The predicted octanol–water partition coefficient (Wildman–Crippen LogP) is 6.90. The van der Waals surface area contributed by atoms with E-state index in [1.165, 1.54) is 0 Å². The highest BCUT2D eigenvalue weighted by Crippen LogP contribution is 2.44. The molecule has 7 nitrogen and oxygen atoms in total. The standard InChI is InChI=1S/C35H42ClN3O4/c1-22(2)43-32-21-30-25(19-31(32)42-6)20-33(40)39(34(30)23-7-11-26(36)12-8-23)29-17-15-28(16-18-29)38(5)35(41)24-9-13-27(14-10-24)37(3)4/h7-8,11-12,15-19,21-22,24,27,34H,9-10,13-14,20H2,1-6H3. The van der Waals surface area contributed by atoms with Gasteiger partial charge >= 0.3 is 0 Å². The van der Waals surface area contributed by atoms with E-state index in [1.54, 1.807) is 12.0 Å². The highest BCUT2D eigenvalue weighted by atomic mass is 35.5. The molecule has 1 unspecified atom stereocenters. The molecule has 3 aromatic carbocycles. The molecule has 1 saturated carbocycles. The molecule has 1 aliphatic carbocycles. The topological polar surface area (TPSA) is 62.3 Å². The van der Waals surface area contributed by atoms with E-state index in [0.717, 1.165) is 53.7 Å². The van der Waals surface area contributed by atoms with E-state index in [4.69, 9.17) is 21.1 Å². The molecule has 43 heavy (non-hydrogen) atoms. The van der Waals surface area contributed by atoms with Crippen molar-refractivity contribution < 1.29 is 19.1 Å². The summed E-state index contributed by atoms with van der Waals surface area (Å²) in [5, 5.41) is 0.628. The smallest absolute Gasteiger partial charge is 0.232 e. The van der Waals surface area contributed by atoms with Crippen molar-refractivity contribution >= 4 is 34.8 Å². The number of carbonyl (C=O) groups is 2. The number of methoxy groups -OCH3 is 1. The van der Waals surface area contributed by atoms with E-state index >= 15 is 0 Å². The quantitative estimate of drug-likeness (QED) is 0.280. The van der Waals surface area contributed by atoms with E-state index in [-0.39, 0.29) is 30.3 Å². The van der Waals surface area contributed by atoms with Crippen LogP contribution in [0.25, 0.3) is 0 Å². The van der Waals surface area contributed by atoms with Gasteiger partial charge in [0.15, 0.2) is 11.5 Å². The third-order valence-electron chi connectivity index (χ3n) is 8.76. The highest BCUT2D eigenvalue weighted by molar-refractivity contribution is 6.30. The summed E-state index contributed by atoms with van der Waals surface area (Å²) in [6, 6.07) is 19.4. The van der Waals surface area contributed by atoms with E-state index in [1.807, 2.05) is 86.5 Å². The Labute approximate surface area is 260 Å². The Balaban J connectivity index is 1.46. The van der Waals surface area contributed by atoms with Crippen LogP contribution in [-0.2, 0) is 16.0 Å². The van der Waals surface area contributed by atoms with Crippen LogP contribution in [0.5, 0.6) is 11.5 Å². The molecule has 0 aromatic heterocycles. The third kappa shape index (κ3) is 6.53. The first-order chi connectivity index (χ1) is 20.6. The maximum Gasteiger partial charge on any atom is 0.232 e. The van der Waals surface area contributed by atoms with E-state index < -0.39 is 6.04 Å².